The number of carbonyl (C=O) groups is 1. The largest absolute Gasteiger partial charge is 0.383 e. The van der Waals surface area contributed by atoms with Gasteiger partial charge in [-0.15, -0.1) is 0 Å². The molecular formula is C12H14F2N2O4. The molecule has 1 rings (SSSR count). The predicted molar refractivity (Wildman–Crippen MR) is 66.4 cm³/mol. The minimum atomic E-state index is -1.48. The predicted octanol–water partition coefficient (Wildman–Crippen LogP) is 1.98. The van der Waals surface area contributed by atoms with Crippen molar-refractivity contribution in [3.8, 4) is 0 Å². The fourth-order valence-electron chi connectivity index (χ4n) is 1.61. The van der Waals surface area contributed by atoms with Crippen molar-refractivity contribution in [1.29, 1.82) is 0 Å². The quantitative estimate of drug-likeness (QED) is 0.613. The Labute approximate surface area is 114 Å². The van der Waals surface area contributed by atoms with Crippen LogP contribution in [0.2, 0.25) is 0 Å². The molecule has 20 heavy (non-hydrogen) atoms. The van der Waals surface area contributed by atoms with Gasteiger partial charge >= 0.3 is 5.69 Å². The molecule has 6 nitrogen and oxygen atoms in total. The van der Waals surface area contributed by atoms with Gasteiger partial charge in [-0.2, -0.15) is 4.39 Å². The average molecular weight is 288 g/mol. The van der Waals surface area contributed by atoms with E-state index in [1.807, 2.05) is 0 Å². The molecule has 0 heterocycles. The standard InChI is InChI=1S/C12H14F2N2O4/c1-7(6-20-3)15(2)12(17)10-8(13)4-5-9(11(10)14)16(18)19/h4-5,7H,6H2,1-3H3. The lowest BCUT2D eigenvalue weighted by molar-refractivity contribution is -0.387. The van der Waals surface area contributed by atoms with Crippen LogP contribution in [0.4, 0.5) is 14.5 Å². The molecule has 0 saturated heterocycles. The number of rotatable bonds is 5. The molecule has 110 valence electrons. The van der Waals surface area contributed by atoms with E-state index in [-0.39, 0.29) is 6.61 Å². The van der Waals surface area contributed by atoms with Crippen LogP contribution in [0.1, 0.15) is 17.3 Å². The molecule has 0 aliphatic heterocycles. The Morgan fingerprint density at radius 2 is 2.10 bits per heavy atom. The third-order valence-corrected chi connectivity index (χ3v) is 2.87. The van der Waals surface area contributed by atoms with Crippen molar-refractivity contribution in [1.82, 2.24) is 4.90 Å². The summed E-state index contributed by atoms with van der Waals surface area (Å²) in [5.74, 6) is -3.60. The highest BCUT2D eigenvalue weighted by Crippen LogP contribution is 2.24. The molecular weight excluding hydrogens is 274 g/mol. The molecule has 1 amide bonds. The number of ether oxygens (including phenoxy) is 1. The first-order valence-electron chi connectivity index (χ1n) is 5.69. The lowest BCUT2D eigenvalue weighted by Crippen LogP contribution is -2.38. The van der Waals surface area contributed by atoms with Gasteiger partial charge in [-0.25, -0.2) is 4.39 Å². The number of likely N-dealkylation sites (N-methyl/N-ethyl adjacent to an activating group) is 1. The highest BCUT2D eigenvalue weighted by atomic mass is 19.1. The zero-order valence-corrected chi connectivity index (χ0v) is 11.2. The zero-order valence-electron chi connectivity index (χ0n) is 11.2. The van der Waals surface area contributed by atoms with Crippen LogP contribution in [0.3, 0.4) is 0 Å². The maximum Gasteiger partial charge on any atom is 0.305 e. The Morgan fingerprint density at radius 1 is 1.50 bits per heavy atom. The topological polar surface area (TPSA) is 72.7 Å². The summed E-state index contributed by atoms with van der Waals surface area (Å²) in [4.78, 5) is 22.7. The first-order valence-corrected chi connectivity index (χ1v) is 5.69. The van der Waals surface area contributed by atoms with Gasteiger partial charge in [0, 0.05) is 20.2 Å². The summed E-state index contributed by atoms with van der Waals surface area (Å²) < 4.78 is 32.3. The summed E-state index contributed by atoms with van der Waals surface area (Å²) in [6, 6.07) is 0.939. The van der Waals surface area contributed by atoms with Crippen molar-refractivity contribution in [3.63, 3.8) is 0 Å². The van der Waals surface area contributed by atoms with E-state index in [4.69, 9.17) is 4.74 Å². The summed E-state index contributed by atoms with van der Waals surface area (Å²) in [6.07, 6.45) is 0. The summed E-state index contributed by atoms with van der Waals surface area (Å²) >= 11 is 0. The van der Waals surface area contributed by atoms with Crippen LogP contribution in [0.25, 0.3) is 0 Å². The van der Waals surface area contributed by atoms with E-state index in [1.165, 1.54) is 14.2 Å². The number of carbonyl (C=O) groups excluding carboxylic acids is 1. The second-order valence-electron chi connectivity index (χ2n) is 4.23. The van der Waals surface area contributed by atoms with Crippen molar-refractivity contribution < 1.29 is 23.2 Å². The van der Waals surface area contributed by atoms with Gasteiger partial charge in [0.15, 0.2) is 0 Å². The Morgan fingerprint density at radius 3 is 2.60 bits per heavy atom. The summed E-state index contributed by atoms with van der Waals surface area (Å²) in [5.41, 5.74) is -1.88. The third-order valence-electron chi connectivity index (χ3n) is 2.87. The molecule has 0 saturated carbocycles. The van der Waals surface area contributed by atoms with E-state index in [0.29, 0.717) is 12.1 Å². The monoisotopic (exact) mass is 288 g/mol. The van der Waals surface area contributed by atoms with Crippen LogP contribution >= 0.6 is 0 Å². The third kappa shape index (κ3) is 3.08. The molecule has 1 aromatic rings. The van der Waals surface area contributed by atoms with Crippen molar-refractivity contribution in [2.75, 3.05) is 20.8 Å². The van der Waals surface area contributed by atoms with E-state index in [1.54, 1.807) is 6.92 Å². The minimum Gasteiger partial charge on any atom is -0.383 e. The molecule has 0 aromatic heterocycles. The molecule has 8 heteroatoms. The highest BCUT2D eigenvalue weighted by Gasteiger charge is 2.29. The second-order valence-corrected chi connectivity index (χ2v) is 4.23. The molecule has 0 N–H and O–H groups in total. The maximum atomic E-state index is 13.9. The first kappa shape index (κ1) is 16.0. The smallest absolute Gasteiger partial charge is 0.305 e. The normalized spacial score (nSPS) is 12.1. The van der Waals surface area contributed by atoms with Crippen molar-refractivity contribution in [3.05, 3.63) is 39.4 Å². The summed E-state index contributed by atoms with van der Waals surface area (Å²) in [6.45, 7) is 1.79. The molecule has 1 atom stereocenters. The number of hydrogen-bond donors (Lipinski definition) is 0. The molecule has 0 fully saturated rings. The Hall–Kier alpha value is -2.09. The van der Waals surface area contributed by atoms with Gasteiger partial charge in [-0.1, -0.05) is 0 Å². The summed E-state index contributed by atoms with van der Waals surface area (Å²) in [7, 11) is 2.76. The molecule has 1 unspecified atom stereocenters. The number of amides is 1. The summed E-state index contributed by atoms with van der Waals surface area (Å²) in [5, 5.41) is 10.6. The Balaban J connectivity index is 3.22. The van der Waals surface area contributed by atoms with Gasteiger partial charge < -0.3 is 9.64 Å². The number of nitro groups is 1. The van der Waals surface area contributed by atoms with Crippen molar-refractivity contribution in [2.45, 2.75) is 13.0 Å². The van der Waals surface area contributed by atoms with Gasteiger partial charge in [0.2, 0.25) is 5.82 Å². The lowest BCUT2D eigenvalue weighted by Gasteiger charge is -2.24. The SMILES string of the molecule is COCC(C)N(C)C(=O)c1c(F)ccc([N+](=O)[O-])c1F. The number of benzene rings is 1. The van der Waals surface area contributed by atoms with Crippen molar-refractivity contribution >= 4 is 11.6 Å². The Bertz CT molecular complexity index is 536. The van der Waals surface area contributed by atoms with Crippen LogP contribution in [0, 0.1) is 21.7 Å². The number of methoxy groups -OCH3 is 1. The fourth-order valence-corrected chi connectivity index (χ4v) is 1.61. The van der Waals surface area contributed by atoms with E-state index in [9.17, 15) is 23.7 Å². The van der Waals surface area contributed by atoms with E-state index >= 15 is 0 Å². The molecule has 0 spiro atoms. The number of nitro benzene ring substituents is 1. The highest BCUT2D eigenvalue weighted by molar-refractivity contribution is 5.95. The Kier molecular flexibility index (Phi) is 5.09. The van der Waals surface area contributed by atoms with Crippen molar-refractivity contribution in [2.24, 2.45) is 0 Å². The van der Waals surface area contributed by atoms with Gasteiger partial charge in [-0.05, 0) is 13.0 Å². The van der Waals surface area contributed by atoms with Crippen LogP contribution in [-0.2, 0) is 4.74 Å². The van der Waals surface area contributed by atoms with E-state index in [0.717, 1.165) is 4.90 Å². The van der Waals surface area contributed by atoms with Crippen LogP contribution in [0.15, 0.2) is 12.1 Å². The van der Waals surface area contributed by atoms with Crippen LogP contribution in [0.5, 0.6) is 0 Å². The average Bonchev–Trinajstić information content (AvgIpc) is 2.37. The molecule has 0 aliphatic carbocycles. The minimum absolute atomic E-state index is 0.167. The maximum absolute atomic E-state index is 13.9. The van der Waals surface area contributed by atoms with Gasteiger partial charge in [-0.3, -0.25) is 14.9 Å². The molecule has 0 bridgehead atoms. The second kappa shape index (κ2) is 6.38. The number of nitrogens with zero attached hydrogens (tertiary/aromatic N) is 2. The van der Waals surface area contributed by atoms with Crippen LogP contribution < -0.4 is 0 Å². The van der Waals surface area contributed by atoms with Crippen LogP contribution in [-0.4, -0.2) is 42.5 Å². The van der Waals surface area contributed by atoms with E-state index < -0.39 is 39.8 Å². The van der Waals surface area contributed by atoms with Gasteiger partial charge in [0.05, 0.1) is 17.6 Å². The van der Waals surface area contributed by atoms with E-state index in [2.05, 4.69) is 0 Å². The molecule has 1 aromatic carbocycles. The fraction of sp³-hybridized carbons (Fsp3) is 0.417. The van der Waals surface area contributed by atoms with Gasteiger partial charge in [0.25, 0.3) is 5.91 Å². The number of halogens is 2. The molecule has 0 aliphatic rings. The lowest BCUT2D eigenvalue weighted by atomic mass is 10.1. The first-order chi connectivity index (χ1) is 9.31. The number of hydrogen-bond acceptors (Lipinski definition) is 4. The zero-order chi connectivity index (χ0) is 15.4. The molecule has 0 radical (unpaired) electrons. The van der Waals surface area contributed by atoms with Gasteiger partial charge in [0.1, 0.15) is 11.4 Å².